The van der Waals surface area contributed by atoms with Crippen LogP contribution in [-0.2, 0) is 4.79 Å². The zero-order valence-electron chi connectivity index (χ0n) is 10.9. The van der Waals surface area contributed by atoms with Crippen molar-refractivity contribution in [3.05, 3.63) is 27.3 Å². The minimum atomic E-state index is -0.361. The maximum absolute atomic E-state index is 11.9. The summed E-state index contributed by atoms with van der Waals surface area (Å²) in [7, 11) is 0. The number of nitrogens with one attached hydrogen (secondary N) is 2. The first-order valence-electron chi connectivity index (χ1n) is 6.33. The van der Waals surface area contributed by atoms with Crippen LogP contribution >= 0.6 is 22.6 Å². The lowest BCUT2D eigenvalue weighted by Gasteiger charge is -2.27. The highest BCUT2D eigenvalue weighted by atomic mass is 127. The number of benzene rings is 1. The first kappa shape index (κ1) is 15.0. The molecule has 0 radical (unpaired) electrons. The molecular weight excluding hydrogens is 373 g/mol. The van der Waals surface area contributed by atoms with Gasteiger partial charge in [0, 0.05) is 31.7 Å². The van der Waals surface area contributed by atoms with Crippen LogP contribution in [0.2, 0.25) is 0 Å². The largest absolute Gasteiger partial charge is 0.507 e. The second kappa shape index (κ2) is 6.89. The van der Waals surface area contributed by atoms with E-state index in [2.05, 4.69) is 10.6 Å². The third kappa shape index (κ3) is 3.83. The van der Waals surface area contributed by atoms with E-state index in [1.165, 1.54) is 6.07 Å². The standard InChI is InChI=1S/C13H16IN3O3/c14-10-2-1-9(7-11(10)18)13(20)16-8-12(19)17-5-3-15-4-6-17/h1-2,7,15,18H,3-6,8H2,(H,16,20). The monoisotopic (exact) mass is 389 g/mol. The van der Waals surface area contributed by atoms with Crippen LogP contribution in [0.25, 0.3) is 0 Å². The fourth-order valence-electron chi connectivity index (χ4n) is 1.94. The summed E-state index contributed by atoms with van der Waals surface area (Å²) in [5.41, 5.74) is 0.344. The van der Waals surface area contributed by atoms with E-state index in [0.717, 1.165) is 13.1 Å². The Morgan fingerprint density at radius 1 is 1.35 bits per heavy atom. The fourth-order valence-corrected chi connectivity index (χ4v) is 2.27. The van der Waals surface area contributed by atoms with Gasteiger partial charge in [-0.2, -0.15) is 0 Å². The van der Waals surface area contributed by atoms with Crippen molar-refractivity contribution in [2.45, 2.75) is 0 Å². The minimum Gasteiger partial charge on any atom is -0.507 e. The fraction of sp³-hybridized carbons (Fsp3) is 0.385. The van der Waals surface area contributed by atoms with Crippen molar-refractivity contribution in [2.75, 3.05) is 32.7 Å². The molecule has 2 rings (SSSR count). The van der Waals surface area contributed by atoms with Crippen molar-refractivity contribution < 1.29 is 14.7 Å². The second-order valence-corrected chi connectivity index (χ2v) is 5.64. The predicted octanol–water partition coefficient (Wildman–Crippen LogP) is 0.158. The van der Waals surface area contributed by atoms with E-state index < -0.39 is 0 Å². The number of amides is 2. The molecule has 0 bridgehead atoms. The highest BCUT2D eigenvalue weighted by Gasteiger charge is 2.17. The van der Waals surface area contributed by atoms with Crippen molar-refractivity contribution in [3.8, 4) is 5.75 Å². The number of hydrogen-bond donors (Lipinski definition) is 3. The van der Waals surface area contributed by atoms with Crippen LogP contribution < -0.4 is 10.6 Å². The van der Waals surface area contributed by atoms with E-state index in [9.17, 15) is 14.7 Å². The van der Waals surface area contributed by atoms with Crippen molar-refractivity contribution in [1.29, 1.82) is 0 Å². The van der Waals surface area contributed by atoms with Gasteiger partial charge in [0.1, 0.15) is 5.75 Å². The molecule has 0 aliphatic carbocycles. The average molecular weight is 389 g/mol. The molecule has 0 atom stereocenters. The summed E-state index contributed by atoms with van der Waals surface area (Å²) < 4.78 is 0.677. The third-order valence-corrected chi connectivity index (χ3v) is 3.99. The summed E-state index contributed by atoms with van der Waals surface area (Å²) >= 11 is 1.98. The van der Waals surface area contributed by atoms with Gasteiger partial charge in [-0.1, -0.05) is 0 Å². The van der Waals surface area contributed by atoms with Crippen LogP contribution in [0.4, 0.5) is 0 Å². The summed E-state index contributed by atoms with van der Waals surface area (Å²) in [5.74, 6) is -0.388. The van der Waals surface area contributed by atoms with Crippen LogP contribution in [-0.4, -0.2) is 54.5 Å². The quantitative estimate of drug-likeness (QED) is 0.644. The smallest absolute Gasteiger partial charge is 0.251 e. The lowest BCUT2D eigenvalue weighted by molar-refractivity contribution is -0.130. The Morgan fingerprint density at radius 2 is 2.05 bits per heavy atom. The molecule has 0 aromatic heterocycles. The molecule has 1 aliphatic heterocycles. The van der Waals surface area contributed by atoms with Crippen molar-refractivity contribution >= 4 is 34.4 Å². The predicted molar refractivity (Wildman–Crippen MR) is 82.6 cm³/mol. The summed E-state index contributed by atoms with van der Waals surface area (Å²) in [6.07, 6.45) is 0. The molecule has 1 heterocycles. The Morgan fingerprint density at radius 3 is 2.70 bits per heavy atom. The first-order chi connectivity index (χ1) is 9.58. The lowest BCUT2D eigenvalue weighted by atomic mass is 10.2. The van der Waals surface area contributed by atoms with Gasteiger partial charge in [-0.25, -0.2) is 0 Å². The minimum absolute atomic E-state index is 0.0222. The Kier molecular flexibility index (Phi) is 5.18. The normalized spacial score (nSPS) is 14.9. The van der Waals surface area contributed by atoms with Crippen molar-refractivity contribution in [3.63, 3.8) is 0 Å². The van der Waals surface area contributed by atoms with E-state index in [-0.39, 0.29) is 24.1 Å². The SMILES string of the molecule is O=C(NCC(=O)N1CCNCC1)c1ccc(I)c(O)c1. The number of rotatable bonds is 3. The number of phenols is 1. The molecule has 6 nitrogen and oxygen atoms in total. The van der Waals surface area contributed by atoms with Gasteiger partial charge in [0.2, 0.25) is 5.91 Å². The molecule has 0 saturated carbocycles. The van der Waals surface area contributed by atoms with Crippen LogP contribution in [0.3, 0.4) is 0 Å². The zero-order chi connectivity index (χ0) is 14.5. The Labute approximate surface area is 130 Å². The van der Waals surface area contributed by atoms with Crippen LogP contribution in [0, 0.1) is 3.57 Å². The molecule has 1 aromatic rings. The van der Waals surface area contributed by atoms with Crippen LogP contribution in [0.1, 0.15) is 10.4 Å². The lowest BCUT2D eigenvalue weighted by Crippen LogP contribution is -2.49. The maximum atomic E-state index is 11.9. The number of hydrogen-bond acceptors (Lipinski definition) is 4. The molecule has 0 unspecified atom stereocenters. The molecule has 108 valence electrons. The summed E-state index contributed by atoms with van der Waals surface area (Å²) in [5, 5.41) is 15.3. The van der Waals surface area contributed by atoms with E-state index in [4.69, 9.17) is 0 Å². The highest BCUT2D eigenvalue weighted by Crippen LogP contribution is 2.20. The van der Waals surface area contributed by atoms with Gasteiger partial charge in [0.05, 0.1) is 10.1 Å². The summed E-state index contributed by atoms with van der Waals surface area (Å²) in [4.78, 5) is 25.5. The molecule has 3 N–H and O–H groups in total. The Balaban J connectivity index is 1.88. The van der Waals surface area contributed by atoms with Gasteiger partial charge < -0.3 is 20.6 Å². The van der Waals surface area contributed by atoms with Gasteiger partial charge in [0.25, 0.3) is 5.91 Å². The average Bonchev–Trinajstić information content (AvgIpc) is 2.48. The zero-order valence-corrected chi connectivity index (χ0v) is 13.0. The molecule has 20 heavy (non-hydrogen) atoms. The first-order valence-corrected chi connectivity index (χ1v) is 7.41. The number of carbonyl (C=O) groups excluding carboxylic acids is 2. The topological polar surface area (TPSA) is 81.7 Å². The van der Waals surface area contributed by atoms with Crippen LogP contribution in [0.15, 0.2) is 18.2 Å². The van der Waals surface area contributed by atoms with Gasteiger partial charge >= 0.3 is 0 Å². The number of phenolic OH excluding ortho intramolecular Hbond substituents is 1. The maximum Gasteiger partial charge on any atom is 0.251 e. The van der Waals surface area contributed by atoms with Gasteiger partial charge in [-0.05, 0) is 40.8 Å². The van der Waals surface area contributed by atoms with Crippen molar-refractivity contribution in [1.82, 2.24) is 15.5 Å². The molecule has 1 fully saturated rings. The molecular formula is C13H16IN3O3. The van der Waals surface area contributed by atoms with Gasteiger partial charge in [-0.3, -0.25) is 9.59 Å². The van der Waals surface area contributed by atoms with E-state index >= 15 is 0 Å². The number of piperazine rings is 1. The highest BCUT2D eigenvalue weighted by molar-refractivity contribution is 14.1. The van der Waals surface area contributed by atoms with Crippen LogP contribution in [0.5, 0.6) is 5.75 Å². The Bertz CT molecular complexity index is 516. The molecule has 7 heteroatoms. The number of nitrogens with zero attached hydrogens (tertiary/aromatic N) is 1. The number of aromatic hydroxyl groups is 1. The number of carbonyl (C=O) groups is 2. The van der Waals surface area contributed by atoms with Gasteiger partial charge in [-0.15, -0.1) is 0 Å². The molecule has 1 aromatic carbocycles. The van der Waals surface area contributed by atoms with E-state index in [1.54, 1.807) is 17.0 Å². The molecule has 2 amide bonds. The number of halogens is 1. The molecule has 1 saturated heterocycles. The molecule has 1 aliphatic rings. The molecule has 0 spiro atoms. The van der Waals surface area contributed by atoms with E-state index in [1.807, 2.05) is 22.6 Å². The second-order valence-electron chi connectivity index (χ2n) is 4.48. The van der Waals surface area contributed by atoms with Gasteiger partial charge in [0.15, 0.2) is 0 Å². The Hall–Kier alpha value is -1.35. The summed E-state index contributed by atoms with van der Waals surface area (Å²) in [6.45, 7) is 2.87. The third-order valence-electron chi connectivity index (χ3n) is 3.08. The summed E-state index contributed by atoms with van der Waals surface area (Å²) in [6, 6.07) is 4.67. The van der Waals surface area contributed by atoms with Crippen molar-refractivity contribution in [2.24, 2.45) is 0 Å². The van der Waals surface area contributed by atoms with E-state index in [0.29, 0.717) is 22.2 Å².